The normalized spacial score (nSPS) is 13.2. The van der Waals surface area contributed by atoms with Crippen molar-refractivity contribution in [3.63, 3.8) is 0 Å². The van der Waals surface area contributed by atoms with E-state index in [4.69, 9.17) is 11.1 Å². The monoisotopic (exact) mass is 261 g/mol. The number of hydrogen-bond donors (Lipinski definition) is 2. The van der Waals surface area contributed by atoms with Crippen molar-refractivity contribution in [2.75, 3.05) is 13.1 Å². The molecule has 0 saturated carbocycles. The fourth-order valence-electron chi connectivity index (χ4n) is 2.27. The van der Waals surface area contributed by atoms with Crippen LogP contribution in [0.4, 0.5) is 0 Å². The van der Waals surface area contributed by atoms with Crippen LogP contribution in [0.3, 0.4) is 0 Å². The molecule has 0 amide bonds. The number of benzene rings is 1. The molecule has 0 radical (unpaired) electrons. The van der Waals surface area contributed by atoms with Crippen LogP contribution in [0.25, 0.3) is 0 Å². The fraction of sp³-hybridized carbons (Fsp3) is 0.562. The van der Waals surface area contributed by atoms with Gasteiger partial charge in [-0.25, -0.2) is 0 Å². The fourth-order valence-corrected chi connectivity index (χ4v) is 2.27. The summed E-state index contributed by atoms with van der Waals surface area (Å²) in [6, 6.07) is 10.6. The number of hydrogen-bond acceptors (Lipinski definition) is 2. The summed E-state index contributed by atoms with van der Waals surface area (Å²) in [4.78, 5) is 2.41. The SMILES string of the molecule is CC(C)CN(CC(C(=N)N)c1ccccc1)C(C)C. The van der Waals surface area contributed by atoms with Gasteiger partial charge in [0.1, 0.15) is 0 Å². The largest absolute Gasteiger partial charge is 0.387 e. The van der Waals surface area contributed by atoms with E-state index >= 15 is 0 Å². The van der Waals surface area contributed by atoms with E-state index in [-0.39, 0.29) is 11.8 Å². The van der Waals surface area contributed by atoms with Gasteiger partial charge in [0.15, 0.2) is 0 Å². The highest BCUT2D eigenvalue weighted by Gasteiger charge is 2.21. The molecule has 1 aromatic carbocycles. The lowest BCUT2D eigenvalue weighted by Gasteiger charge is -2.31. The molecule has 0 aromatic heterocycles. The molecule has 0 saturated heterocycles. The van der Waals surface area contributed by atoms with Crippen LogP contribution in [-0.4, -0.2) is 29.9 Å². The van der Waals surface area contributed by atoms with Crippen LogP contribution in [0.1, 0.15) is 39.2 Å². The van der Waals surface area contributed by atoms with Gasteiger partial charge in [-0.05, 0) is 25.3 Å². The maximum Gasteiger partial charge on any atom is 0.0995 e. The van der Waals surface area contributed by atoms with E-state index in [0.717, 1.165) is 18.7 Å². The highest BCUT2D eigenvalue weighted by Crippen LogP contribution is 2.19. The van der Waals surface area contributed by atoms with Crippen LogP contribution in [-0.2, 0) is 0 Å². The van der Waals surface area contributed by atoms with E-state index in [1.807, 2.05) is 18.2 Å². The average molecular weight is 261 g/mol. The van der Waals surface area contributed by atoms with Gasteiger partial charge in [0.2, 0.25) is 0 Å². The number of amidine groups is 1. The first-order valence-electron chi connectivity index (χ1n) is 7.04. The van der Waals surface area contributed by atoms with Gasteiger partial charge in [0.25, 0.3) is 0 Å². The third-order valence-corrected chi connectivity index (χ3v) is 3.32. The Bertz CT molecular complexity index is 384. The lowest BCUT2D eigenvalue weighted by Crippen LogP contribution is -2.40. The Balaban J connectivity index is 2.85. The van der Waals surface area contributed by atoms with Crippen LogP contribution in [0.5, 0.6) is 0 Å². The number of nitrogens with zero attached hydrogens (tertiary/aromatic N) is 1. The molecular formula is C16H27N3. The van der Waals surface area contributed by atoms with Gasteiger partial charge < -0.3 is 5.73 Å². The molecule has 0 bridgehead atoms. The van der Waals surface area contributed by atoms with Gasteiger partial charge in [-0.2, -0.15) is 0 Å². The molecule has 0 heterocycles. The topological polar surface area (TPSA) is 53.1 Å². The molecule has 0 fully saturated rings. The minimum Gasteiger partial charge on any atom is -0.387 e. The molecule has 1 unspecified atom stereocenters. The summed E-state index contributed by atoms with van der Waals surface area (Å²) in [6.07, 6.45) is 0. The minimum absolute atomic E-state index is 0.0117. The third kappa shape index (κ3) is 5.03. The lowest BCUT2D eigenvalue weighted by molar-refractivity contribution is 0.195. The number of nitrogens with one attached hydrogen (secondary N) is 1. The summed E-state index contributed by atoms with van der Waals surface area (Å²) in [5, 5.41) is 7.86. The molecule has 19 heavy (non-hydrogen) atoms. The van der Waals surface area contributed by atoms with Crippen LogP contribution in [0.15, 0.2) is 30.3 Å². The first kappa shape index (κ1) is 15.7. The predicted molar refractivity (Wildman–Crippen MR) is 82.6 cm³/mol. The lowest BCUT2D eigenvalue weighted by atomic mass is 9.96. The number of nitrogens with two attached hydrogens (primary N) is 1. The Morgan fingerprint density at radius 2 is 1.68 bits per heavy atom. The van der Waals surface area contributed by atoms with Crippen molar-refractivity contribution in [2.45, 2.75) is 39.7 Å². The molecule has 0 aliphatic carbocycles. The van der Waals surface area contributed by atoms with Gasteiger partial charge in [-0.1, -0.05) is 44.2 Å². The van der Waals surface area contributed by atoms with Crippen molar-refractivity contribution in [1.82, 2.24) is 4.90 Å². The van der Waals surface area contributed by atoms with Crippen LogP contribution >= 0.6 is 0 Å². The molecule has 3 heteroatoms. The molecule has 1 rings (SSSR count). The quantitative estimate of drug-likeness (QED) is 0.585. The van der Waals surface area contributed by atoms with E-state index in [1.54, 1.807) is 0 Å². The first-order valence-corrected chi connectivity index (χ1v) is 7.04. The number of rotatable bonds is 7. The summed E-state index contributed by atoms with van der Waals surface area (Å²) in [5.41, 5.74) is 6.93. The Morgan fingerprint density at radius 1 is 1.11 bits per heavy atom. The van der Waals surface area contributed by atoms with E-state index in [0.29, 0.717) is 12.0 Å². The summed E-state index contributed by atoms with van der Waals surface area (Å²) in [6.45, 7) is 10.7. The summed E-state index contributed by atoms with van der Waals surface area (Å²) in [5.74, 6) is 0.855. The first-order chi connectivity index (χ1) is 8.91. The maximum atomic E-state index is 7.86. The molecule has 0 spiro atoms. The Morgan fingerprint density at radius 3 is 2.11 bits per heavy atom. The van der Waals surface area contributed by atoms with Crippen molar-refractivity contribution < 1.29 is 0 Å². The van der Waals surface area contributed by atoms with Crippen molar-refractivity contribution in [1.29, 1.82) is 5.41 Å². The van der Waals surface area contributed by atoms with Crippen molar-refractivity contribution in [3.8, 4) is 0 Å². The van der Waals surface area contributed by atoms with Crippen LogP contribution < -0.4 is 5.73 Å². The third-order valence-electron chi connectivity index (χ3n) is 3.32. The van der Waals surface area contributed by atoms with Crippen LogP contribution in [0.2, 0.25) is 0 Å². The second-order valence-corrected chi connectivity index (χ2v) is 5.86. The van der Waals surface area contributed by atoms with E-state index < -0.39 is 0 Å². The zero-order chi connectivity index (χ0) is 14.4. The Hall–Kier alpha value is -1.35. The van der Waals surface area contributed by atoms with Gasteiger partial charge in [0.05, 0.1) is 11.8 Å². The highest BCUT2D eigenvalue weighted by molar-refractivity contribution is 5.84. The minimum atomic E-state index is -0.0117. The van der Waals surface area contributed by atoms with Gasteiger partial charge in [-0.3, -0.25) is 10.3 Å². The molecule has 0 aliphatic heterocycles. The van der Waals surface area contributed by atoms with Crippen molar-refractivity contribution >= 4 is 5.84 Å². The average Bonchev–Trinajstić information content (AvgIpc) is 2.34. The zero-order valence-corrected chi connectivity index (χ0v) is 12.6. The zero-order valence-electron chi connectivity index (χ0n) is 12.6. The van der Waals surface area contributed by atoms with Gasteiger partial charge in [-0.15, -0.1) is 0 Å². The smallest absolute Gasteiger partial charge is 0.0995 e. The van der Waals surface area contributed by atoms with E-state index in [2.05, 4.69) is 44.7 Å². The van der Waals surface area contributed by atoms with Crippen molar-refractivity contribution in [2.24, 2.45) is 11.7 Å². The second-order valence-electron chi connectivity index (χ2n) is 5.86. The summed E-state index contributed by atoms with van der Waals surface area (Å²) < 4.78 is 0. The predicted octanol–water partition coefficient (Wildman–Crippen LogP) is 3.07. The standard InChI is InChI=1S/C16H27N3/c1-12(2)10-19(13(3)4)11-15(16(17)18)14-8-6-5-7-9-14/h5-9,12-13,15H,10-11H2,1-4H3,(H3,17,18). The molecule has 3 nitrogen and oxygen atoms in total. The molecule has 1 atom stereocenters. The van der Waals surface area contributed by atoms with E-state index in [9.17, 15) is 0 Å². The Labute approximate surface area is 117 Å². The van der Waals surface area contributed by atoms with E-state index in [1.165, 1.54) is 0 Å². The highest BCUT2D eigenvalue weighted by atomic mass is 15.1. The molecule has 0 aliphatic rings. The molecule has 1 aromatic rings. The maximum absolute atomic E-state index is 7.86. The van der Waals surface area contributed by atoms with Gasteiger partial charge in [0, 0.05) is 19.1 Å². The second kappa shape index (κ2) is 7.29. The van der Waals surface area contributed by atoms with Crippen LogP contribution in [0, 0.1) is 11.3 Å². The molecule has 3 N–H and O–H groups in total. The molecular weight excluding hydrogens is 234 g/mol. The van der Waals surface area contributed by atoms with Gasteiger partial charge >= 0.3 is 0 Å². The Kier molecular flexibility index (Phi) is 6.03. The summed E-state index contributed by atoms with van der Waals surface area (Å²) >= 11 is 0. The van der Waals surface area contributed by atoms with Crippen molar-refractivity contribution in [3.05, 3.63) is 35.9 Å². The summed E-state index contributed by atoms with van der Waals surface area (Å²) in [7, 11) is 0. The molecule has 106 valence electrons.